The van der Waals surface area contributed by atoms with Gasteiger partial charge >= 0.3 is 6.09 Å². The molecule has 1 aromatic carbocycles. The Bertz CT molecular complexity index is 465. The number of ether oxygens (including phenoxy) is 1. The minimum atomic E-state index is -0.219. The van der Waals surface area contributed by atoms with Crippen molar-refractivity contribution in [1.82, 2.24) is 10.2 Å². The second-order valence-corrected chi connectivity index (χ2v) is 5.80. The first-order valence-corrected chi connectivity index (χ1v) is 7.97. The summed E-state index contributed by atoms with van der Waals surface area (Å²) in [5, 5.41) is 3.98. The summed E-state index contributed by atoms with van der Waals surface area (Å²) < 4.78 is 5.46. The van der Waals surface area contributed by atoms with Crippen LogP contribution in [-0.2, 0) is 11.3 Å². The first-order chi connectivity index (χ1) is 10.2. The van der Waals surface area contributed by atoms with Crippen LogP contribution in [0.2, 0.25) is 5.02 Å². The van der Waals surface area contributed by atoms with E-state index < -0.39 is 0 Å². The van der Waals surface area contributed by atoms with E-state index in [0.29, 0.717) is 5.02 Å². The second kappa shape index (κ2) is 9.93. The van der Waals surface area contributed by atoms with Gasteiger partial charge in [-0.25, -0.2) is 4.79 Å². The van der Waals surface area contributed by atoms with Crippen molar-refractivity contribution in [1.29, 1.82) is 0 Å². The fraction of sp³-hybridized carbons (Fsp3) is 0.562. The maximum absolute atomic E-state index is 12.3. The Balaban J connectivity index is 0.00000242. The largest absolute Gasteiger partial charge is 0.445 e. The van der Waals surface area contributed by atoms with Crippen LogP contribution >= 0.6 is 24.0 Å². The highest BCUT2D eigenvalue weighted by Crippen LogP contribution is 2.16. The summed E-state index contributed by atoms with van der Waals surface area (Å²) in [5.41, 5.74) is 0.914. The number of piperidine rings is 1. The quantitative estimate of drug-likeness (QED) is 0.879. The number of carbonyl (C=O) groups excluding carboxylic acids is 1. The average Bonchev–Trinajstić information content (AvgIpc) is 2.51. The summed E-state index contributed by atoms with van der Waals surface area (Å²) in [6, 6.07) is 7.70. The zero-order chi connectivity index (χ0) is 15.1. The molecule has 0 aromatic heterocycles. The standard InChI is InChI=1S/C16H23ClN2O2.ClH/c1-2-10-19(15-6-8-18-9-7-15)16(20)21-12-13-4-3-5-14(17)11-13;/h3-5,11,15,18H,2,6-10,12H2,1H3;1H. The number of carbonyl (C=O) groups is 1. The lowest BCUT2D eigenvalue weighted by Crippen LogP contribution is -2.46. The second-order valence-electron chi connectivity index (χ2n) is 5.36. The summed E-state index contributed by atoms with van der Waals surface area (Å²) in [7, 11) is 0. The molecule has 6 heteroatoms. The van der Waals surface area contributed by atoms with Gasteiger partial charge < -0.3 is 15.0 Å². The minimum absolute atomic E-state index is 0. The molecule has 1 N–H and O–H groups in total. The van der Waals surface area contributed by atoms with Crippen LogP contribution in [0.15, 0.2) is 24.3 Å². The van der Waals surface area contributed by atoms with Crippen LogP contribution < -0.4 is 5.32 Å². The molecule has 1 aliphatic heterocycles. The van der Waals surface area contributed by atoms with Crippen molar-refractivity contribution in [2.75, 3.05) is 19.6 Å². The lowest BCUT2D eigenvalue weighted by molar-refractivity contribution is 0.0734. The minimum Gasteiger partial charge on any atom is -0.445 e. The van der Waals surface area contributed by atoms with Crippen molar-refractivity contribution in [3.63, 3.8) is 0 Å². The van der Waals surface area contributed by atoms with E-state index in [1.165, 1.54) is 0 Å². The lowest BCUT2D eigenvalue weighted by atomic mass is 10.1. The Kier molecular flexibility index (Phi) is 8.61. The van der Waals surface area contributed by atoms with Gasteiger partial charge in [0, 0.05) is 17.6 Å². The van der Waals surface area contributed by atoms with Gasteiger partial charge in [0.05, 0.1) is 0 Å². The smallest absolute Gasteiger partial charge is 0.410 e. The fourth-order valence-electron chi connectivity index (χ4n) is 2.64. The molecule has 0 aliphatic carbocycles. The molecule has 4 nitrogen and oxygen atoms in total. The third kappa shape index (κ3) is 5.67. The van der Waals surface area contributed by atoms with E-state index in [1.807, 2.05) is 29.2 Å². The van der Waals surface area contributed by atoms with E-state index in [1.54, 1.807) is 0 Å². The maximum atomic E-state index is 12.3. The van der Waals surface area contributed by atoms with Crippen LogP contribution in [0.1, 0.15) is 31.7 Å². The molecule has 22 heavy (non-hydrogen) atoms. The van der Waals surface area contributed by atoms with Gasteiger partial charge in [-0.3, -0.25) is 0 Å². The molecule has 1 saturated heterocycles. The van der Waals surface area contributed by atoms with Crippen molar-refractivity contribution in [3.05, 3.63) is 34.9 Å². The Morgan fingerprint density at radius 2 is 2.14 bits per heavy atom. The average molecular weight is 347 g/mol. The first-order valence-electron chi connectivity index (χ1n) is 7.59. The fourth-order valence-corrected chi connectivity index (χ4v) is 2.85. The summed E-state index contributed by atoms with van der Waals surface area (Å²) in [6.07, 6.45) is 2.71. The summed E-state index contributed by atoms with van der Waals surface area (Å²) in [5.74, 6) is 0. The molecule has 0 atom stereocenters. The highest BCUT2D eigenvalue weighted by molar-refractivity contribution is 6.30. The highest BCUT2D eigenvalue weighted by atomic mass is 35.5. The maximum Gasteiger partial charge on any atom is 0.410 e. The zero-order valence-electron chi connectivity index (χ0n) is 12.9. The molecule has 1 aliphatic rings. The van der Waals surface area contributed by atoms with Gasteiger partial charge in [-0.05, 0) is 50.0 Å². The van der Waals surface area contributed by atoms with Crippen molar-refractivity contribution >= 4 is 30.1 Å². The topological polar surface area (TPSA) is 41.6 Å². The molecule has 1 fully saturated rings. The van der Waals surface area contributed by atoms with Gasteiger partial charge in [-0.15, -0.1) is 12.4 Å². The monoisotopic (exact) mass is 346 g/mol. The summed E-state index contributed by atoms with van der Waals surface area (Å²) >= 11 is 5.94. The molecule has 1 aromatic rings. The van der Waals surface area contributed by atoms with Crippen LogP contribution in [0, 0.1) is 0 Å². The molecular weight excluding hydrogens is 323 g/mol. The number of nitrogens with one attached hydrogen (secondary N) is 1. The molecule has 124 valence electrons. The van der Waals surface area contributed by atoms with E-state index in [2.05, 4.69) is 12.2 Å². The van der Waals surface area contributed by atoms with Gasteiger partial charge in [-0.1, -0.05) is 30.7 Å². The van der Waals surface area contributed by atoms with Gasteiger partial charge in [0.1, 0.15) is 6.61 Å². The predicted octanol–water partition coefficient (Wildman–Crippen LogP) is 3.86. The third-order valence-electron chi connectivity index (χ3n) is 3.70. The van der Waals surface area contributed by atoms with E-state index in [4.69, 9.17) is 16.3 Å². The van der Waals surface area contributed by atoms with Crippen molar-refractivity contribution in [2.24, 2.45) is 0 Å². The Morgan fingerprint density at radius 3 is 2.77 bits per heavy atom. The zero-order valence-corrected chi connectivity index (χ0v) is 14.5. The number of hydrogen-bond donors (Lipinski definition) is 1. The van der Waals surface area contributed by atoms with Crippen molar-refractivity contribution < 1.29 is 9.53 Å². The van der Waals surface area contributed by atoms with Crippen LogP contribution in [0.25, 0.3) is 0 Å². The van der Waals surface area contributed by atoms with E-state index in [-0.39, 0.29) is 31.1 Å². The molecule has 0 unspecified atom stereocenters. The van der Waals surface area contributed by atoms with Crippen LogP contribution in [-0.4, -0.2) is 36.7 Å². The number of nitrogens with zero attached hydrogens (tertiary/aromatic N) is 1. The van der Waals surface area contributed by atoms with E-state index >= 15 is 0 Å². The van der Waals surface area contributed by atoms with Crippen molar-refractivity contribution in [2.45, 2.75) is 38.8 Å². The molecule has 2 rings (SSSR count). The molecule has 0 radical (unpaired) electrons. The van der Waals surface area contributed by atoms with E-state index in [9.17, 15) is 4.79 Å². The molecule has 0 saturated carbocycles. The highest BCUT2D eigenvalue weighted by Gasteiger charge is 2.25. The Hall–Kier alpha value is -0.970. The number of amides is 1. The van der Waals surface area contributed by atoms with Crippen molar-refractivity contribution in [3.8, 4) is 0 Å². The number of halogens is 2. The van der Waals surface area contributed by atoms with Gasteiger partial charge in [-0.2, -0.15) is 0 Å². The van der Waals surface area contributed by atoms with Gasteiger partial charge in [0.2, 0.25) is 0 Å². The molecular formula is C16H24Cl2N2O2. The molecule has 0 spiro atoms. The third-order valence-corrected chi connectivity index (χ3v) is 3.93. The SMILES string of the molecule is CCCN(C(=O)OCc1cccc(Cl)c1)C1CCNCC1.Cl. The summed E-state index contributed by atoms with van der Waals surface area (Å²) in [6.45, 7) is 5.03. The number of benzene rings is 1. The van der Waals surface area contributed by atoms with Crippen LogP contribution in [0.5, 0.6) is 0 Å². The first kappa shape index (κ1) is 19.1. The number of hydrogen-bond acceptors (Lipinski definition) is 3. The lowest BCUT2D eigenvalue weighted by Gasteiger charge is -2.33. The van der Waals surface area contributed by atoms with E-state index in [0.717, 1.165) is 44.5 Å². The Labute approximate surface area is 143 Å². The summed E-state index contributed by atoms with van der Waals surface area (Å²) in [4.78, 5) is 14.2. The normalized spacial score (nSPS) is 15.0. The number of rotatable bonds is 5. The Morgan fingerprint density at radius 1 is 1.41 bits per heavy atom. The van der Waals surface area contributed by atoms with Gasteiger partial charge in [0.15, 0.2) is 0 Å². The van der Waals surface area contributed by atoms with Crippen LogP contribution in [0.4, 0.5) is 4.79 Å². The molecule has 1 amide bonds. The molecule has 0 bridgehead atoms. The van der Waals surface area contributed by atoms with Crippen LogP contribution in [0.3, 0.4) is 0 Å². The van der Waals surface area contributed by atoms with Gasteiger partial charge in [0.25, 0.3) is 0 Å². The molecule has 1 heterocycles. The predicted molar refractivity (Wildman–Crippen MR) is 91.8 cm³/mol.